The Morgan fingerprint density at radius 1 is 1.21 bits per heavy atom. The molecular formula is C19H32N4O4S. The summed E-state index contributed by atoms with van der Waals surface area (Å²) in [5.41, 5.74) is 0.931. The van der Waals surface area contributed by atoms with Gasteiger partial charge < -0.3 is 10.1 Å². The average molecular weight is 413 g/mol. The molecule has 158 valence electrons. The minimum absolute atomic E-state index is 0.0307. The maximum absolute atomic E-state index is 13.0. The molecule has 28 heavy (non-hydrogen) atoms. The molecule has 3 atom stereocenters. The Hall–Kier alpha value is -1.45. The van der Waals surface area contributed by atoms with Crippen LogP contribution in [-0.4, -0.2) is 60.8 Å². The number of nitrogens with zero attached hydrogens (tertiary/aromatic N) is 3. The highest BCUT2D eigenvalue weighted by atomic mass is 32.2. The number of hydrogen-bond acceptors (Lipinski definition) is 5. The van der Waals surface area contributed by atoms with Crippen LogP contribution >= 0.6 is 0 Å². The summed E-state index contributed by atoms with van der Waals surface area (Å²) in [6, 6.07) is 0.171. The van der Waals surface area contributed by atoms with Crippen LogP contribution < -0.4 is 5.32 Å². The molecule has 2 aliphatic rings. The minimum atomic E-state index is -3.64. The Balaban J connectivity index is 1.73. The molecule has 1 aliphatic heterocycles. The zero-order valence-electron chi connectivity index (χ0n) is 17.3. The van der Waals surface area contributed by atoms with E-state index in [-0.39, 0.29) is 23.4 Å². The van der Waals surface area contributed by atoms with Crippen molar-refractivity contribution in [3.63, 3.8) is 0 Å². The first-order valence-electron chi connectivity index (χ1n) is 10.1. The van der Waals surface area contributed by atoms with E-state index in [1.54, 1.807) is 13.8 Å². The number of aryl methyl sites for hydroxylation is 1. The molecule has 1 aliphatic carbocycles. The van der Waals surface area contributed by atoms with Gasteiger partial charge in [-0.05, 0) is 32.1 Å². The third-order valence-electron chi connectivity index (χ3n) is 6.23. The van der Waals surface area contributed by atoms with Gasteiger partial charge in [-0.2, -0.15) is 9.40 Å². The number of aromatic nitrogens is 2. The second-order valence-corrected chi connectivity index (χ2v) is 9.99. The van der Waals surface area contributed by atoms with Gasteiger partial charge in [-0.15, -0.1) is 0 Å². The van der Waals surface area contributed by atoms with Crippen LogP contribution in [0.1, 0.15) is 44.5 Å². The number of carbonyl (C=O) groups is 1. The second-order valence-electron chi connectivity index (χ2n) is 8.12. The van der Waals surface area contributed by atoms with Crippen LogP contribution in [0.4, 0.5) is 0 Å². The van der Waals surface area contributed by atoms with Crippen LogP contribution in [0.5, 0.6) is 0 Å². The molecule has 1 aromatic heterocycles. The van der Waals surface area contributed by atoms with E-state index < -0.39 is 10.0 Å². The quantitative estimate of drug-likeness (QED) is 0.790. The first-order valence-corrected chi connectivity index (χ1v) is 11.6. The summed E-state index contributed by atoms with van der Waals surface area (Å²) in [6.07, 6.45) is 3.32. The fourth-order valence-electron chi connectivity index (χ4n) is 4.30. The van der Waals surface area contributed by atoms with Crippen LogP contribution in [0.15, 0.2) is 4.90 Å². The molecule has 1 N–H and O–H groups in total. The highest BCUT2D eigenvalue weighted by Gasteiger charge is 2.33. The topological polar surface area (TPSA) is 93.5 Å². The normalized spacial score (nSPS) is 26.9. The highest BCUT2D eigenvalue weighted by Crippen LogP contribution is 2.29. The van der Waals surface area contributed by atoms with Crippen molar-refractivity contribution < 1.29 is 17.9 Å². The Morgan fingerprint density at radius 3 is 2.57 bits per heavy atom. The first kappa shape index (κ1) is 21.3. The number of hydrogen-bond donors (Lipinski definition) is 1. The van der Waals surface area contributed by atoms with E-state index in [9.17, 15) is 13.2 Å². The van der Waals surface area contributed by atoms with E-state index in [2.05, 4.69) is 24.3 Å². The van der Waals surface area contributed by atoms with Crippen molar-refractivity contribution in [3.05, 3.63) is 11.4 Å². The van der Waals surface area contributed by atoms with Gasteiger partial charge in [0.15, 0.2) is 0 Å². The molecule has 0 aromatic carbocycles. The number of sulfonamides is 1. The zero-order chi connectivity index (χ0) is 20.5. The summed E-state index contributed by atoms with van der Waals surface area (Å²) in [5, 5.41) is 7.49. The van der Waals surface area contributed by atoms with Crippen LogP contribution in [-0.2, 0) is 26.1 Å². The third kappa shape index (κ3) is 4.26. The van der Waals surface area contributed by atoms with Crippen LogP contribution in [0.25, 0.3) is 0 Å². The SMILES string of the molecule is Cc1nn(CC(=O)N[C@@H]2CCC[C@H](C)[C@@H]2C)c(C)c1S(=O)(=O)N1CCOCC1. The van der Waals surface area contributed by atoms with Crippen molar-refractivity contribution in [2.24, 2.45) is 11.8 Å². The fourth-order valence-corrected chi connectivity index (χ4v) is 6.08. The highest BCUT2D eigenvalue weighted by molar-refractivity contribution is 7.89. The van der Waals surface area contributed by atoms with Gasteiger partial charge in [-0.25, -0.2) is 8.42 Å². The van der Waals surface area contributed by atoms with Crippen LogP contribution in [0.3, 0.4) is 0 Å². The van der Waals surface area contributed by atoms with Gasteiger partial charge in [-0.3, -0.25) is 9.48 Å². The predicted octanol–water partition coefficient (Wildman–Crippen LogP) is 1.46. The van der Waals surface area contributed by atoms with Crippen molar-refractivity contribution in [2.45, 2.75) is 64.4 Å². The molecule has 1 amide bonds. The van der Waals surface area contributed by atoms with E-state index >= 15 is 0 Å². The third-order valence-corrected chi connectivity index (χ3v) is 8.38. The summed E-state index contributed by atoms with van der Waals surface area (Å²) in [4.78, 5) is 12.8. The lowest BCUT2D eigenvalue weighted by atomic mass is 9.78. The predicted molar refractivity (Wildman–Crippen MR) is 105 cm³/mol. The van der Waals surface area contributed by atoms with E-state index in [1.807, 2.05) is 0 Å². The fraction of sp³-hybridized carbons (Fsp3) is 0.789. The lowest BCUT2D eigenvalue weighted by Crippen LogP contribution is -2.45. The van der Waals surface area contributed by atoms with Crippen LogP contribution in [0.2, 0.25) is 0 Å². The number of ether oxygens (including phenoxy) is 1. The van der Waals surface area contributed by atoms with Crippen molar-refractivity contribution in [1.29, 1.82) is 0 Å². The minimum Gasteiger partial charge on any atom is -0.379 e. The van der Waals surface area contributed by atoms with E-state index in [0.29, 0.717) is 49.5 Å². The van der Waals surface area contributed by atoms with Crippen molar-refractivity contribution >= 4 is 15.9 Å². The number of carbonyl (C=O) groups excluding carboxylic acids is 1. The summed E-state index contributed by atoms with van der Waals surface area (Å²) < 4.78 is 34.3. The van der Waals surface area contributed by atoms with Crippen LogP contribution in [0, 0.1) is 25.7 Å². The van der Waals surface area contributed by atoms with E-state index in [1.165, 1.54) is 15.4 Å². The Kier molecular flexibility index (Phi) is 6.46. The summed E-state index contributed by atoms with van der Waals surface area (Å²) in [6.45, 7) is 9.30. The van der Waals surface area contributed by atoms with Gasteiger partial charge in [0.05, 0.1) is 24.6 Å². The maximum Gasteiger partial charge on any atom is 0.246 e. The number of rotatable bonds is 5. The largest absolute Gasteiger partial charge is 0.379 e. The molecule has 2 fully saturated rings. The van der Waals surface area contributed by atoms with Crippen molar-refractivity contribution in [2.75, 3.05) is 26.3 Å². The summed E-state index contributed by atoms with van der Waals surface area (Å²) in [5.74, 6) is 0.917. The van der Waals surface area contributed by atoms with Gasteiger partial charge in [0, 0.05) is 19.1 Å². The molecule has 2 heterocycles. The second kappa shape index (κ2) is 8.51. The molecule has 1 saturated heterocycles. The number of amides is 1. The molecule has 9 heteroatoms. The van der Waals surface area contributed by atoms with E-state index in [4.69, 9.17) is 4.74 Å². The average Bonchev–Trinajstić information content (AvgIpc) is 2.93. The lowest BCUT2D eigenvalue weighted by Gasteiger charge is -2.34. The van der Waals surface area contributed by atoms with Crippen molar-refractivity contribution in [3.8, 4) is 0 Å². The number of morpholine rings is 1. The summed E-state index contributed by atoms with van der Waals surface area (Å²) in [7, 11) is -3.64. The maximum atomic E-state index is 13.0. The molecule has 8 nitrogen and oxygen atoms in total. The summed E-state index contributed by atoms with van der Waals surface area (Å²) >= 11 is 0. The van der Waals surface area contributed by atoms with Gasteiger partial charge in [0.1, 0.15) is 11.4 Å². The molecular weight excluding hydrogens is 380 g/mol. The molecule has 0 radical (unpaired) electrons. The van der Waals surface area contributed by atoms with Gasteiger partial charge in [0.25, 0.3) is 0 Å². The van der Waals surface area contributed by atoms with Gasteiger partial charge >= 0.3 is 0 Å². The zero-order valence-corrected chi connectivity index (χ0v) is 18.1. The molecule has 0 spiro atoms. The number of nitrogens with one attached hydrogen (secondary N) is 1. The lowest BCUT2D eigenvalue weighted by molar-refractivity contribution is -0.123. The molecule has 0 bridgehead atoms. The van der Waals surface area contributed by atoms with Gasteiger partial charge in [-0.1, -0.05) is 26.7 Å². The monoisotopic (exact) mass is 412 g/mol. The molecule has 3 rings (SSSR count). The standard InChI is InChI=1S/C19H32N4O4S/c1-13-6-5-7-17(14(13)2)20-18(24)12-23-16(4)19(15(3)21-23)28(25,26)22-8-10-27-11-9-22/h13-14,17H,5-12H2,1-4H3,(H,20,24)/t13-,14-,17+/m0/s1. The van der Waals surface area contributed by atoms with Gasteiger partial charge in [0.2, 0.25) is 15.9 Å². The Morgan fingerprint density at radius 2 is 1.89 bits per heavy atom. The molecule has 0 unspecified atom stereocenters. The molecule has 1 aromatic rings. The Labute approximate surface area is 167 Å². The Bertz CT molecular complexity index is 814. The first-order chi connectivity index (χ1) is 13.2. The van der Waals surface area contributed by atoms with E-state index in [0.717, 1.165) is 12.8 Å². The van der Waals surface area contributed by atoms with Crippen molar-refractivity contribution in [1.82, 2.24) is 19.4 Å². The molecule has 1 saturated carbocycles. The smallest absolute Gasteiger partial charge is 0.246 e.